The number of hydrogen-bond acceptors (Lipinski definition) is 3. The predicted octanol–water partition coefficient (Wildman–Crippen LogP) is 0.810. The number of anilines is 1. The van der Waals surface area contributed by atoms with Gasteiger partial charge in [0, 0.05) is 57.1 Å². The zero-order valence-electron chi connectivity index (χ0n) is 10.3. The van der Waals surface area contributed by atoms with Crippen LogP contribution in [0.25, 0.3) is 0 Å². The fraction of sp³-hybridized carbons (Fsp3) is 0.167. The van der Waals surface area contributed by atoms with Gasteiger partial charge in [-0.05, 0) is 0 Å². The summed E-state index contributed by atoms with van der Waals surface area (Å²) < 4.78 is 23.0. The molecule has 0 aromatic heterocycles. The average Bonchev–Trinajstić information content (AvgIpc) is 2.34. The van der Waals surface area contributed by atoms with Crippen molar-refractivity contribution in [3.63, 3.8) is 0 Å². The Kier molecular flexibility index (Phi) is 9.13. The van der Waals surface area contributed by atoms with Crippen LogP contribution in [0, 0.1) is 6.92 Å². The van der Waals surface area contributed by atoms with Crippen molar-refractivity contribution in [2.24, 2.45) is 0 Å². The van der Waals surface area contributed by atoms with E-state index in [4.69, 9.17) is 0 Å². The Hall–Kier alpha value is -0.526. The molecule has 1 aromatic rings. The van der Waals surface area contributed by atoms with Gasteiger partial charge in [-0.25, -0.2) is 4.72 Å². The summed E-state index contributed by atoms with van der Waals surface area (Å²) in [4.78, 5) is 12.1. The largest absolute Gasteiger partial charge is 0.760 e. The maximum atomic E-state index is 10.8. The van der Waals surface area contributed by atoms with E-state index >= 15 is 0 Å². The van der Waals surface area contributed by atoms with Crippen LogP contribution in [0.3, 0.4) is 0 Å². The van der Waals surface area contributed by atoms with Crippen LogP contribution in [0.5, 0.6) is 0 Å². The molecule has 1 rings (SSSR count). The van der Waals surface area contributed by atoms with Gasteiger partial charge in [0.2, 0.25) is 0 Å². The molecule has 1 unspecified atom stereocenters. The van der Waals surface area contributed by atoms with Gasteiger partial charge in [-0.15, -0.1) is 6.58 Å². The van der Waals surface area contributed by atoms with Crippen LogP contribution in [0.15, 0.2) is 30.9 Å². The minimum Gasteiger partial charge on any atom is -0.760 e. The first-order valence-electron chi connectivity index (χ1n) is 5.12. The summed E-state index contributed by atoms with van der Waals surface area (Å²) >= 11 is -2.30. The molecule has 101 valence electrons. The molecule has 1 radical (unpaired) electrons. The molecule has 19 heavy (non-hydrogen) atoms. The summed E-state index contributed by atoms with van der Waals surface area (Å²) in [5.41, 5.74) is 2.01. The molecule has 0 aliphatic heterocycles. The summed E-state index contributed by atoms with van der Waals surface area (Å²) in [6.45, 7) is 7.90. The summed E-state index contributed by atoms with van der Waals surface area (Å²) in [6, 6.07) is 5.13. The van der Waals surface area contributed by atoms with Gasteiger partial charge >= 0.3 is 0 Å². The molecule has 1 aromatic carbocycles. The summed E-state index contributed by atoms with van der Waals surface area (Å²) in [5.74, 6) is 0. The van der Waals surface area contributed by atoms with Crippen molar-refractivity contribution in [2.75, 3.05) is 11.4 Å². The van der Waals surface area contributed by atoms with E-state index in [0.29, 0.717) is 17.8 Å². The van der Waals surface area contributed by atoms with Gasteiger partial charge < -0.3 is 14.2 Å². The van der Waals surface area contributed by atoms with Crippen molar-refractivity contribution in [3.05, 3.63) is 48.9 Å². The van der Waals surface area contributed by atoms with Crippen LogP contribution in [0.1, 0.15) is 11.1 Å². The van der Waals surface area contributed by atoms with Crippen LogP contribution >= 0.6 is 0 Å². The molecular weight excluding hydrogens is 341 g/mol. The van der Waals surface area contributed by atoms with Gasteiger partial charge in [0.1, 0.15) is 0 Å². The fourth-order valence-corrected chi connectivity index (χ4v) is 1.75. The molecular formula is C12H13N2O3SY-3. The van der Waals surface area contributed by atoms with Gasteiger partial charge in [-0.3, -0.25) is 4.21 Å². The van der Waals surface area contributed by atoms with Crippen LogP contribution in [-0.2, 0) is 55.3 Å². The normalized spacial score (nSPS) is 11.2. The molecule has 0 bridgehead atoms. The van der Waals surface area contributed by atoms with Crippen molar-refractivity contribution in [3.8, 4) is 0 Å². The molecule has 5 nitrogen and oxygen atoms in total. The summed E-state index contributed by atoms with van der Waals surface area (Å²) in [6.07, 6.45) is 3.37. The van der Waals surface area contributed by atoms with E-state index < -0.39 is 11.3 Å². The number of nitrogens with zero attached hydrogens (tertiary/aromatic N) is 1. The Balaban J connectivity index is 0.00000324. The second kappa shape index (κ2) is 9.39. The van der Waals surface area contributed by atoms with Crippen LogP contribution < -0.4 is 9.62 Å². The molecule has 0 saturated carbocycles. The van der Waals surface area contributed by atoms with Crippen LogP contribution in [0.2, 0.25) is 0 Å². The number of carbonyl (C=O) groups excluding carboxylic acids is 1. The van der Waals surface area contributed by atoms with Gasteiger partial charge in [0.15, 0.2) is 0 Å². The number of hydrogen-bond donors (Lipinski definition) is 1. The third-order valence-corrected chi connectivity index (χ3v) is 2.63. The Labute approximate surface area is 140 Å². The first kappa shape index (κ1) is 18.5. The summed E-state index contributed by atoms with van der Waals surface area (Å²) in [5, 5.41) is 0. The fourth-order valence-electron chi connectivity index (χ4n) is 1.47. The van der Waals surface area contributed by atoms with E-state index in [9.17, 15) is 13.6 Å². The van der Waals surface area contributed by atoms with Gasteiger partial charge in [0.05, 0.1) is 6.41 Å². The molecule has 0 fully saturated rings. The first-order chi connectivity index (χ1) is 8.58. The van der Waals surface area contributed by atoms with Crippen molar-refractivity contribution >= 4 is 23.4 Å². The number of benzene rings is 1. The van der Waals surface area contributed by atoms with Gasteiger partial charge in [0.25, 0.3) is 0 Å². The molecule has 1 atom stereocenters. The first-order valence-corrected chi connectivity index (χ1v) is 6.20. The molecule has 0 aliphatic carbocycles. The zero-order chi connectivity index (χ0) is 13.5. The Morgan fingerprint density at radius 1 is 1.58 bits per heavy atom. The monoisotopic (exact) mass is 354 g/mol. The topological polar surface area (TPSA) is 72.5 Å². The predicted molar refractivity (Wildman–Crippen MR) is 69.9 cm³/mol. The van der Waals surface area contributed by atoms with Gasteiger partial charge in [-0.1, -0.05) is 29.5 Å². The molecule has 0 heterocycles. The molecule has 1 amide bonds. The van der Waals surface area contributed by atoms with Crippen molar-refractivity contribution in [1.29, 1.82) is 0 Å². The quantitative estimate of drug-likeness (QED) is 0.341. The molecule has 0 spiro atoms. The van der Waals surface area contributed by atoms with Crippen LogP contribution in [-0.4, -0.2) is 21.7 Å². The second-order valence-corrected chi connectivity index (χ2v) is 4.27. The summed E-state index contributed by atoms with van der Waals surface area (Å²) in [7, 11) is 0. The SMILES string of the molecule is C=CCN([C-]=O)c1ccc(CNS(=O)[O-])cc1[CH2-].[Y]. The Bertz CT molecular complexity index is 468. The zero-order valence-corrected chi connectivity index (χ0v) is 14.0. The average molecular weight is 354 g/mol. The van der Waals surface area contributed by atoms with Crippen molar-refractivity contribution in [1.82, 2.24) is 4.72 Å². The minimum atomic E-state index is -2.30. The van der Waals surface area contributed by atoms with Gasteiger partial charge in [-0.2, -0.15) is 18.6 Å². The van der Waals surface area contributed by atoms with Crippen LogP contribution in [0.4, 0.5) is 5.69 Å². The third kappa shape index (κ3) is 5.97. The molecule has 0 saturated heterocycles. The van der Waals surface area contributed by atoms with E-state index in [-0.39, 0.29) is 39.3 Å². The number of rotatable bonds is 7. The minimum absolute atomic E-state index is 0. The number of amides is 1. The van der Waals surface area contributed by atoms with E-state index in [0.717, 1.165) is 5.56 Å². The molecule has 1 N–H and O–H groups in total. The second-order valence-electron chi connectivity index (χ2n) is 3.51. The van der Waals surface area contributed by atoms with E-state index in [2.05, 4.69) is 18.2 Å². The van der Waals surface area contributed by atoms with E-state index in [1.165, 1.54) is 4.90 Å². The molecule has 0 aliphatic rings. The Morgan fingerprint density at radius 2 is 2.26 bits per heavy atom. The van der Waals surface area contributed by atoms with Crippen molar-refractivity contribution in [2.45, 2.75) is 6.54 Å². The third-order valence-electron chi connectivity index (χ3n) is 2.25. The Morgan fingerprint density at radius 3 is 2.74 bits per heavy atom. The number of nitrogens with one attached hydrogen (secondary N) is 1. The maximum absolute atomic E-state index is 10.8. The maximum Gasteiger partial charge on any atom is 0.0777 e. The standard InChI is InChI=1S/C12H14N2O3S.Y/c1-3-6-14(9-15)12-5-4-11(7-10(12)2)8-13-18(16)17;/h3-5,7,13H,1-2,6,8H2,(H,16,17);/q-2;/p-1. The van der Waals surface area contributed by atoms with Crippen molar-refractivity contribution < 1.29 is 46.3 Å². The van der Waals surface area contributed by atoms with E-state index in [1.807, 2.05) is 0 Å². The van der Waals surface area contributed by atoms with E-state index in [1.54, 1.807) is 30.7 Å². The smallest absolute Gasteiger partial charge is 0.0777 e. The molecule has 7 heteroatoms.